The summed E-state index contributed by atoms with van der Waals surface area (Å²) >= 11 is 0. The third kappa shape index (κ3) is 7.45. The van der Waals surface area contributed by atoms with Gasteiger partial charge < -0.3 is 29.2 Å². The summed E-state index contributed by atoms with van der Waals surface area (Å²) in [5.41, 5.74) is 1.02. The number of rotatable bonds is 13. The Labute approximate surface area is 172 Å². The minimum absolute atomic E-state index is 0.0529. The van der Waals surface area contributed by atoms with Crippen LogP contribution < -0.4 is 18.9 Å². The molecule has 0 aliphatic heterocycles. The van der Waals surface area contributed by atoms with Crippen LogP contribution in [0.1, 0.15) is 12.5 Å². The van der Waals surface area contributed by atoms with Crippen molar-refractivity contribution in [1.82, 2.24) is 4.90 Å². The molecule has 29 heavy (non-hydrogen) atoms. The van der Waals surface area contributed by atoms with E-state index in [-0.39, 0.29) is 19.8 Å². The number of likely N-dealkylation sites (N-methyl/N-ethyl adjacent to an activating group) is 1. The van der Waals surface area contributed by atoms with Gasteiger partial charge in [0.05, 0.1) is 20.3 Å². The van der Waals surface area contributed by atoms with Crippen LogP contribution in [-0.2, 0) is 6.54 Å². The molecule has 0 aliphatic carbocycles. The second-order valence-corrected chi connectivity index (χ2v) is 6.60. The molecule has 0 saturated carbocycles. The molecule has 0 heterocycles. The standard InChI is InChI=1S/C22H31NO6/c1-4-27-19-7-5-6-8-20(19)29-16-18(25)15-23(2)14-17-9-10-21(28-12-11-24)22(13-17)26-3/h5-10,13,18,24-25H,4,11-12,14-16H2,1-3H3/t18-/m0/s1. The first-order valence-electron chi connectivity index (χ1n) is 9.69. The summed E-state index contributed by atoms with van der Waals surface area (Å²) in [4.78, 5) is 2.01. The molecule has 2 aromatic carbocycles. The number of aliphatic hydroxyl groups is 2. The Kier molecular flexibility index (Phi) is 9.56. The van der Waals surface area contributed by atoms with Gasteiger partial charge in [0.15, 0.2) is 23.0 Å². The molecule has 1 atom stereocenters. The molecule has 0 unspecified atom stereocenters. The van der Waals surface area contributed by atoms with E-state index in [1.165, 1.54) is 0 Å². The van der Waals surface area contributed by atoms with Crippen LogP contribution in [0.5, 0.6) is 23.0 Å². The fourth-order valence-corrected chi connectivity index (χ4v) is 2.90. The van der Waals surface area contributed by atoms with Gasteiger partial charge in [-0.25, -0.2) is 0 Å². The number of para-hydroxylation sites is 2. The molecule has 0 radical (unpaired) electrons. The van der Waals surface area contributed by atoms with Gasteiger partial charge in [0.25, 0.3) is 0 Å². The summed E-state index contributed by atoms with van der Waals surface area (Å²) in [6.07, 6.45) is -0.649. The topological polar surface area (TPSA) is 80.6 Å². The Balaban J connectivity index is 1.86. The van der Waals surface area contributed by atoms with E-state index in [2.05, 4.69) is 0 Å². The van der Waals surface area contributed by atoms with E-state index in [1.807, 2.05) is 61.3 Å². The van der Waals surface area contributed by atoms with E-state index in [0.717, 1.165) is 5.56 Å². The minimum atomic E-state index is -0.649. The van der Waals surface area contributed by atoms with E-state index in [0.29, 0.717) is 42.7 Å². The number of ether oxygens (including phenoxy) is 4. The van der Waals surface area contributed by atoms with E-state index in [1.54, 1.807) is 7.11 Å². The normalized spacial score (nSPS) is 11.9. The van der Waals surface area contributed by atoms with Crippen LogP contribution in [0.25, 0.3) is 0 Å². The smallest absolute Gasteiger partial charge is 0.161 e. The fourth-order valence-electron chi connectivity index (χ4n) is 2.90. The average Bonchev–Trinajstić information content (AvgIpc) is 2.72. The van der Waals surface area contributed by atoms with Gasteiger partial charge in [-0.3, -0.25) is 4.90 Å². The lowest BCUT2D eigenvalue weighted by Crippen LogP contribution is -2.32. The lowest BCUT2D eigenvalue weighted by atomic mass is 10.2. The van der Waals surface area contributed by atoms with Gasteiger partial charge in [0.2, 0.25) is 0 Å². The second kappa shape index (κ2) is 12.2. The van der Waals surface area contributed by atoms with Crippen molar-refractivity contribution in [3.63, 3.8) is 0 Å². The third-order valence-corrected chi connectivity index (χ3v) is 4.13. The molecular weight excluding hydrogens is 374 g/mol. The molecule has 7 nitrogen and oxygen atoms in total. The summed E-state index contributed by atoms with van der Waals surface area (Å²) < 4.78 is 22.1. The average molecular weight is 405 g/mol. The van der Waals surface area contributed by atoms with Gasteiger partial charge in [-0.2, -0.15) is 0 Å². The van der Waals surface area contributed by atoms with E-state index >= 15 is 0 Å². The second-order valence-electron chi connectivity index (χ2n) is 6.60. The SMILES string of the molecule is CCOc1ccccc1OC[C@@H](O)CN(C)Cc1ccc(OCCO)c(OC)c1. The maximum atomic E-state index is 10.3. The Bertz CT molecular complexity index is 739. The first-order valence-corrected chi connectivity index (χ1v) is 9.69. The van der Waals surface area contributed by atoms with Gasteiger partial charge in [-0.1, -0.05) is 18.2 Å². The Morgan fingerprint density at radius 3 is 2.31 bits per heavy atom. The van der Waals surface area contributed by atoms with Gasteiger partial charge >= 0.3 is 0 Å². The van der Waals surface area contributed by atoms with Crippen LogP contribution in [0.2, 0.25) is 0 Å². The van der Waals surface area contributed by atoms with Crippen LogP contribution in [-0.4, -0.2) is 68.3 Å². The number of aliphatic hydroxyl groups excluding tert-OH is 2. The molecule has 0 spiro atoms. The van der Waals surface area contributed by atoms with E-state index in [9.17, 15) is 5.11 Å². The van der Waals surface area contributed by atoms with Gasteiger partial charge in [-0.15, -0.1) is 0 Å². The minimum Gasteiger partial charge on any atom is -0.493 e. The lowest BCUT2D eigenvalue weighted by Gasteiger charge is -2.22. The maximum absolute atomic E-state index is 10.3. The summed E-state index contributed by atoms with van der Waals surface area (Å²) in [7, 11) is 3.51. The molecule has 0 saturated heterocycles. The monoisotopic (exact) mass is 405 g/mol. The predicted molar refractivity (Wildman–Crippen MR) is 111 cm³/mol. The van der Waals surface area contributed by atoms with Crippen molar-refractivity contribution in [3.8, 4) is 23.0 Å². The highest BCUT2D eigenvalue weighted by atomic mass is 16.5. The van der Waals surface area contributed by atoms with Crippen LogP contribution in [0.4, 0.5) is 0 Å². The highest BCUT2D eigenvalue weighted by Gasteiger charge is 2.13. The van der Waals surface area contributed by atoms with Crippen LogP contribution in [0.15, 0.2) is 42.5 Å². The third-order valence-electron chi connectivity index (χ3n) is 4.13. The quantitative estimate of drug-likeness (QED) is 0.529. The van der Waals surface area contributed by atoms with Gasteiger partial charge in [-0.05, 0) is 43.8 Å². The van der Waals surface area contributed by atoms with E-state index in [4.69, 9.17) is 24.1 Å². The number of methoxy groups -OCH3 is 1. The predicted octanol–water partition coefficient (Wildman–Crippen LogP) is 2.34. The number of benzene rings is 2. The molecule has 0 aliphatic rings. The first-order chi connectivity index (χ1) is 14.1. The molecule has 7 heteroatoms. The molecule has 2 N–H and O–H groups in total. The molecule has 0 fully saturated rings. The number of nitrogens with zero attached hydrogens (tertiary/aromatic N) is 1. The van der Waals surface area contributed by atoms with Gasteiger partial charge in [0, 0.05) is 13.1 Å². The zero-order valence-corrected chi connectivity index (χ0v) is 17.3. The van der Waals surface area contributed by atoms with Crippen molar-refractivity contribution in [2.75, 3.05) is 47.1 Å². The summed E-state index contributed by atoms with van der Waals surface area (Å²) in [6.45, 7) is 3.88. The summed E-state index contributed by atoms with van der Waals surface area (Å²) in [5, 5.41) is 19.2. The number of hydrogen-bond acceptors (Lipinski definition) is 7. The molecule has 2 aromatic rings. The fraction of sp³-hybridized carbons (Fsp3) is 0.455. The van der Waals surface area contributed by atoms with Gasteiger partial charge in [0.1, 0.15) is 19.3 Å². The van der Waals surface area contributed by atoms with Crippen molar-refractivity contribution in [1.29, 1.82) is 0 Å². The van der Waals surface area contributed by atoms with Crippen LogP contribution in [0.3, 0.4) is 0 Å². The molecule has 0 amide bonds. The Morgan fingerprint density at radius 2 is 1.66 bits per heavy atom. The molecular formula is C22H31NO6. The Hall–Kier alpha value is -2.48. The molecule has 160 valence electrons. The maximum Gasteiger partial charge on any atom is 0.161 e. The Morgan fingerprint density at radius 1 is 0.966 bits per heavy atom. The zero-order chi connectivity index (χ0) is 21.1. The van der Waals surface area contributed by atoms with Crippen molar-refractivity contribution in [2.45, 2.75) is 19.6 Å². The molecule has 0 bridgehead atoms. The van der Waals surface area contributed by atoms with Crippen molar-refractivity contribution < 1.29 is 29.2 Å². The largest absolute Gasteiger partial charge is 0.493 e. The van der Waals surface area contributed by atoms with Crippen molar-refractivity contribution >= 4 is 0 Å². The highest BCUT2D eigenvalue weighted by molar-refractivity contribution is 5.43. The van der Waals surface area contributed by atoms with Crippen LogP contribution in [0, 0.1) is 0 Å². The van der Waals surface area contributed by atoms with Crippen molar-refractivity contribution in [3.05, 3.63) is 48.0 Å². The first kappa shape index (κ1) is 22.8. The lowest BCUT2D eigenvalue weighted by molar-refractivity contribution is 0.0730. The zero-order valence-electron chi connectivity index (χ0n) is 17.3. The number of hydrogen-bond donors (Lipinski definition) is 2. The molecule has 0 aromatic heterocycles. The van der Waals surface area contributed by atoms with Crippen LogP contribution >= 0.6 is 0 Å². The molecule has 2 rings (SSSR count). The summed E-state index contributed by atoms with van der Waals surface area (Å²) in [6, 6.07) is 13.1. The van der Waals surface area contributed by atoms with E-state index < -0.39 is 6.10 Å². The highest BCUT2D eigenvalue weighted by Crippen LogP contribution is 2.29. The van der Waals surface area contributed by atoms with Crippen molar-refractivity contribution in [2.24, 2.45) is 0 Å². The summed E-state index contributed by atoms with van der Waals surface area (Å²) in [5.74, 6) is 2.50.